The van der Waals surface area contributed by atoms with Crippen LogP contribution in [0.25, 0.3) is 65.3 Å². The van der Waals surface area contributed by atoms with E-state index in [4.69, 9.17) is 0 Å². The predicted molar refractivity (Wildman–Crippen MR) is 147 cm³/mol. The lowest BCUT2D eigenvalue weighted by atomic mass is 9.97. The molecule has 0 bridgehead atoms. The van der Waals surface area contributed by atoms with Gasteiger partial charge in [0.1, 0.15) is 0 Å². The summed E-state index contributed by atoms with van der Waals surface area (Å²) in [5, 5.41) is 10.7. The molecule has 0 amide bonds. The van der Waals surface area contributed by atoms with Gasteiger partial charge in [0.2, 0.25) is 0 Å². The summed E-state index contributed by atoms with van der Waals surface area (Å²) in [7, 11) is 0. The van der Waals surface area contributed by atoms with Gasteiger partial charge in [0.15, 0.2) is 0 Å². The Kier molecular flexibility index (Phi) is 4.25. The second kappa shape index (κ2) is 7.57. The highest BCUT2D eigenvalue weighted by Crippen LogP contribution is 2.46. The number of fused-ring (bicyclic) bond motifs is 8. The molecular weight excluding hydrogens is 408 g/mol. The Morgan fingerprint density at radius 3 is 1.18 bits per heavy atom. The Bertz CT molecular complexity index is 1720. The zero-order chi connectivity index (χ0) is 22.5. The molecule has 0 aromatic heterocycles. The van der Waals surface area contributed by atoms with Crippen LogP contribution >= 0.6 is 0 Å². The molecular formula is C34H22. The summed E-state index contributed by atoms with van der Waals surface area (Å²) < 4.78 is 0. The van der Waals surface area contributed by atoms with Gasteiger partial charge < -0.3 is 0 Å². The SMILES string of the molecule is c1ccc2c(c1)-c1cccc3cccc-2c13.c1ccc2c(c1)ccc1c3ccccc3ccc21. The molecule has 0 spiro atoms. The van der Waals surface area contributed by atoms with Crippen LogP contribution < -0.4 is 0 Å². The molecule has 1 aliphatic carbocycles. The van der Waals surface area contributed by atoms with Crippen LogP contribution in [0.15, 0.2) is 133 Å². The molecule has 0 nitrogen and oxygen atoms in total. The van der Waals surface area contributed by atoms with Crippen LogP contribution in [-0.4, -0.2) is 0 Å². The van der Waals surface area contributed by atoms with Gasteiger partial charge in [-0.1, -0.05) is 133 Å². The molecule has 1 aliphatic rings. The van der Waals surface area contributed by atoms with Gasteiger partial charge in [-0.2, -0.15) is 0 Å². The summed E-state index contributed by atoms with van der Waals surface area (Å²) >= 11 is 0. The Morgan fingerprint density at radius 2 is 0.647 bits per heavy atom. The molecule has 0 heterocycles. The van der Waals surface area contributed by atoms with Gasteiger partial charge in [0.05, 0.1) is 0 Å². The summed E-state index contributed by atoms with van der Waals surface area (Å²) in [6.07, 6.45) is 0. The van der Waals surface area contributed by atoms with Crippen LogP contribution in [-0.2, 0) is 0 Å². The van der Waals surface area contributed by atoms with Gasteiger partial charge >= 0.3 is 0 Å². The van der Waals surface area contributed by atoms with E-state index < -0.39 is 0 Å². The van der Waals surface area contributed by atoms with Crippen molar-refractivity contribution in [1.82, 2.24) is 0 Å². The third kappa shape index (κ3) is 2.86. The van der Waals surface area contributed by atoms with Gasteiger partial charge in [-0.05, 0) is 65.3 Å². The fraction of sp³-hybridized carbons (Fsp3) is 0. The summed E-state index contributed by atoms with van der Waals surface area (Å²) in [5.41, 5.74) is 5.50. The molecule has 0 radical (unpaired) electrons. The maximum Gasteiger partial charge on any atom is -0.00264 e. The molecule has 0 fully saturated rings. The molecule has 158 valence electrons. The molecule has 0 N–H and O–H groups in total. The molecule has 7 aromatic carbocycles. The molecule has 7 aromatic rings. The minimum absolute atomic E-state index is 1.31. The second-order valence-electron chi connectivity index (χ2n) is 8.92. The van der Waals surface area contributed by atoms with Crippen LogP contribution in [0, 0.1) is 0 Å². The smallest absolute Gasteiger partial charge is 0.00264 e. The number of rotatable bonds is 0. The van der Waals surface area contributed by atoms with Gasteiger partial charge in [0, 0.05) is 0 Å². The van der Waals surface area contributed by atoms with Crippen molar-refractivity contribution >= 4 is 43.1 Å². The van der Waals surface area contributed by atoms with Gasteiger partial charge in [-0.25, -0.2) is 0 Å². The first-order chi connectivity index (χ1) is 16.9. The number of benzene rings is 7. The Hall–Kier alpha value is -4.42. The Balaban J connectivity index is 0.000000118. The Labute approximate surface area is 198 Å². The zero-order valence-electron chi connectivity index (χ0n) is 18.7. The van der Waals surface area contributed by atoms with Crippen molar-refractivity contribution in [2.45, 2.75) is 0 Å². The molecule has 34 heavy (non-hydrogen) atoms. The van der Waals surface area contributed by atoms with Crippen LogP contribution in [0.1, 0.15) is 0 Å². The van der Waals surface area contributed by atoms with E-state index in [1.165, 1.54) is 65.3 Å². The van der Waals surface area contributed by atoms with Crippen molar-refractivity contribution in [3.05, 3.63) is 133 Å². The van der Waals surface area contributed by atoms with Gasteiger partial charge in [-0.15, -0.1) is 0 Å². The molecule has 0 saturated carbocycles. The number of hydrogen-bond donors (Lipinski definition) is 0. The molecule has 0 saturated heterocycles. The topological polar surface area (TPSA) is 0 Å². The summed E-state index contributed by atoms with van der Waals surface area (Å²) in [4.78, 5) is 0. The first-order valence-electron chi connectivity index (χ1n) is 11.8. The van der Waals surface area contributed by atoms with Crippen molar-refractivity contribution in [2.75, 3.05) is 0 Å². The van der Waals surface area contributed by atoms with Crippen molar-refractivity contribution in [3.63, 3.8) is 0 Å². The van der Waals surface area contributed by atoms with Crippen LogP contribution in [0.5, 0.6) is 0 Å². The molecule has 0 unspecified atom stereocenters. The fourth-order valence-electron chi connectivity index (χ4n) is 5.51. The molecule has 0 atom stereocenters. The highest BCUT2D eigenvalue weighted by molar-refractivity contribution is 6.17. The average molecular weight is 431 g/mol. The maximum absolute atomic E-state index is 2.24. The lowest BCUT2D eigenvalue weighted by Gasteiger charge is -2.07. The first kappa shape index (κ1) is 19.1. The molecule has 0 heteroatoms. The summed E-state index contributed by atoms with van der Waals surface area (Å²) in [6, 6.07) is 47.8. The summed E-state index contributed by atoms with van der Waals surface area (Å²) in [6.45, 7) is 0. The van der Waals surface area contributed by atoms with E-state index in [-0.39, 0.29) is 0 Å². The van der Waals surface area contributed by atoms with Gasteiger partial charge in [-0.3, -0.25) is 0 Å². The van der Waals surface area contributed by atoms with E-state index in [2.05, 4.69) is 133 Å². The lowest BCUT2D eigenvalue weighted by Crippen LogP contribution is -1.79. The van der Waals surface area contributed by atoms with E-state index in [0.29, 0.717) is 0 Å². The minimum Gasteiger partial charge on any atom is -0.0616 e. The van der Waals surface area contributed by atoms with Crippen LogP contribution in [0.2, 0.25) is 0 Å². The second-order valence-corrected chi connectivity index (χ2v) is 8.92. The van der Waals surface area contributed by atoms with E-state index in [1.54, 1.807) is 0 Å². The molecule has 0 aliphatic heterocycles. The highest BCUT2D eigenvalue weighted by atomic mass is 14.2. The quantitative estimate of drug-likeness (QED) is 0.210. The largest absolute Gasteiger partial charge is 0.0616 e. The zero-order valence-corrected chi connectivity index (χ0v) is 18.7. The van der Waals surface area contributed by atoms with E-state index in [0.717, 1.165) is 0 Å². The normalized spacial score (nSPS) is 11.5. The monoisotopic (exact) mass is 430 g/mol. The third-order valence-electron chi connectivity index (χ3n) is 7.06. The highest BCUT2D eigenvalue weighted by Gasteiger charge is 2.19. The maximum atomic E-state index is 2.24. The van der Waals surface area contributed by atoms with Crippen molar-refractivity contribution in [3.8, 4) is 22.3 Å². The van der Waals surface area contributed by atoms with Crippen LogP contribution in [0.4, 0.5) is 0 Å². The third-order valence-corrected chi connectivity index (χ3v) is 7.06. The van der Waals surface area contributed by atoms with E-state index >= 15 is 0 Å². The average Bonchev–Trinajstić information content (AvgIpc) is 3.24. The summed E-state index contributed by atoms with van der Waals surface area (Å²) in [5.74, 6) is 0. The lowest BCUT2D eigenvalue weighted by molar-refractivity contribution is 1.70. The van der Waals surface area contributed by atoms with Crippen LogP contribution in [0.3, 0.4) is 0 Å². The predicted octanol–water partition coefficient (Wildman–Crippen LogP) is 9.63. The molecule has 8 rings (SSSR count). The fourth-order valence-corrected chi connectivity index (χ4v) is 5.51. The van der Waals surface area contributed by atoms with E-state index in [1.807, 2.05) is 0 Å². The van der Waals surface area contributed by atoms with Crippen molar-refractivity contribution < 1.29 is 0 Å². The Morgan fingerprint density at radius 1 is 0.235 bits per heavy atom. The van der Waals surface area contributed by atoms with Crippen molar-refractivity contribution in [2.24, 2.45) is 0 Å². The first-order valence-corrected chi connectivity index (χ1v) is 11.8. The van der Waals surface area contributed by atoms with Crippen molar-refractivity contribution in [1.29, 1.82) is 0 Å². The number of hydrogen-bond acceptors (Lipinski definition) is 0. The minimum atomic E-state index is 1.31. The van der Waals surface area contributed by atoms with Gasteiger partial charge in [0.25, 0.3) is 0 Å². The van der Waals surface area contributed by atoms with E-state index in [9.17, 15) is 0 Å². The standard InChI is InChI=1S/C18H12.C16H10/c1-3-7-15-13(5-1)9-11-18-16-8-4-2-6-14(16)10-12-17(15)18;1-2-8-13-12(7-1)14-9-3-5-11-6-4-10-15(13)16(11)14/h1-12H;1-10H.